The molecule has 0 saturated heterocycles. The van der Waals surface area contributed by atoms with Crippen molar-refractivity contribution in [1.29, 1.82) is 0 Å². The summed E-state index contributed by atoms with van der Waals surface area (Å²) in [7, 11) is -1.26. The highest BCUT2D eigenvalue weighted by Crippen LogP contribution is 2.17. The number of rotatable bonds is 1. The van der Waals surface area contributed by atoms with E-state index >= 15 is 0 Å². The number of imidazole rings is 1. The first-order valence-electron chi connectivity index (χ1n) is 4.09. The highest BCUT2D eigenvalue weighted by atomic mass is 32.2. The largest absolute Gasteiger partial charge is 0.334 e. The maximum absolute atomic E-state index is 11.2. The molecule has 0 aliphatic rings. The monoisotopic (exact) mass is 210 g/mol. The summed E-state index contributed by atoms with van der Waals surface area (Å²) in [6.45, 7) is 0. The molecule has 0 amide bonds. The summed E-state index contributed by atoms with van der Waals surface area (Å²) in [4.78, 5) is 4.40. The summed E-state index contributed by atoms with van der Waals surface area (Å²) in [6, 6.07) is 4.95. The zero-order valence-electron chi connectivity index (χ0n) is 7.93. The standard InChI is InChI=1S/C9H10N2O2S/c1-11-6-10-8-5-7(14(2,12)13)3-4-9(8)11/h3-6H,1-2H3. The van der Waals surface area contributed by atoms with E-state index < -0.39 is 9.84 Å². The Balaban J connectivity index is 2.76. The van der Waals surface area contributed by atoms with E-state index in [-0.39, 0.29) is 0 Å². The zero-order valence-corrected chi connectivity index (χ0v) is 8.75. The van der Waals surface area contributed by atoms with Crippen LogP contribution < -0.4 is 0 Å². The maximum atomic E-state index is 11.2. The summed E-state index contributed by atoms with van der Waals surface area (Å²) in [5.74, 6) is 0. The van der Waals surface area contributed by atoms with E-state index in [2.05, 4.69) is 4.98 Å². The molecule has 74 valence electrons. The Kier molecular flexibility index (Phi) is 1.85. The van der Waals surface area contributed by atoms with Crippen LogP contribution >= 0.6 is 0 Å². The van der Waals surface area contributed by atoms with Gasteiger partial charge in [0.05, 0.1) is 22.3 Å². The second kappa shape index (κ2) is 2.81. The molecule has 0 bridgehead atoms. The fraction of sp³-hybridized carbons (Fsp3) is 0.222. The number of benzene rings is 1. The first-order valence-corrected chi connectivity index (χ1v) is 5.99. The molecule has 0 N–H and O–H groups in total. The Hall–Kier alpha value is -1.36. The summed E-state index contributed by atoms with van der Waals surface area (Å²) in [5.41, 5.74) is 1.63. The van der Waals surface area contributed by atoms with Gasteiger partial charge in [-0.05, 0) is 18.2 Å². The predicted molar refractivity (Wildman–Crippen MR) is 53.8 cm³/mol. The molecule has 5 heteroatoms. The SMILES string of the molecule is Cn1cnc2cc(S(C)(=O)=O)ccc21. The maximum Gasteiger partial charge on any atom is 0.175 e. The lowest BCUT2D eigenvalue weighted by Gasteiger charge is -1.98. The summed E-state index contributed by atoms with van der Waals surface area (Å²) >= 11 is 0. The molecular formula is C9H10N2O2S. The number of hydrogen-bond acceptors (Lipinski definition) is 3. The van der Waals surface area contributed by atoms with Crippen molar-refractivity contribution >= 4 is 20.9 Å². The average molecular weight is 210 g/mol. The van der Waals surface area contributed by atoms with Crippen LogP contribution in [0.3, 0.4) is 0 Å². The van der Waals surface area contributed by atoms with Crippen molar-refractivity contribution in [1.82, 2.24) is 9.55 Å². The van der Waals surface area contributed by atoms with E-state index in [1.165, 1.54) is 6.26 Å². The van der Waals surface area contributed by atoms with Crippen molar-refractivity contribution in [2.75, 3.05) is 6.26 Å². The number of nitrogens with zero attached hydrogens (tertiary/aromatic N) is 2. The fourth-order valence-electron chi connectivity index (χ4n) is 1.35. The van der Waals surface area contributed by atoms with Gasteiger partial charge in [-0.2, -0.15) is 0 Å². The average Bonchev–Trinajstić information content (AvgIpc) is 2.46. The first kappa shape index (κ1) is 9.21. The van der Waals surface area contributed by atoms with Gasteiger partial charge in [0.25, 0.3) is 0 Å². The normalized spacial score (nSPS) is 12.1. The van der Waals surface area contributed by atoms with Crippen molar-refractivity contribution in [2.45, 2.75) is 4.90 Å². The second-order valence-corrected chi connectivity index (χ2v) is 5.29. The summed E-state index contributed by atoms with van der Waals surface area (Å²) in [6.07, 6.45) is 2.85. The molecule has 1 aromatic carbocycles. The number of fused-ring (bicyclic) bond motifs is 1. The molecular weight excluding hydrogens is 200 g/mol. The Morgan fingerprint density at radius 1 is 1.36 bits per heavy atom. The molecule has 0 spiro atoms. The lowest BCUT2D eigenvalue weighted by atomic mass is 10.3. The van der Waals surface area contributed by atoms with Gasteiger partial charge in [0.15, 0.2) is 9.84 Å². The molecule has 2 aromatic rings. The fourth-order valence-corrected chi connectivity index (χ4v) is 1.99. The van der Waals surface area contributed by atoms with Crippen LogP contribution in [0.25, 0.3) is 11.0 Å². The van der Waals surface area contributed by atoms with Crippen LogP contribution in [0.1, 0.15) is 0 Å². The second-order valence-electron chi connectivity index (χ2n) is 3.28. The predicted octanol–water partition coefficient (Wildman–Crippen LogP) is 0.977. The first-order chi connectivity index (χ1) is 6.48. The van der Waals surface area contributed by atoms with E-state index in [0.29, 0.717) is 10.4 Å². The smallest absolute Gasteiger partial charge is 0.175 e. The molecule has 14 heavy (non-hydrogen) atoms. The van der Waals surface area contributed by atoms with Gasteiger partial charge in [-0.25, -0.2) is 13.4 Å². The van der Waals surface area contributed by atoms with Gasteiger partial charge in [0, 0.05) is 13.3 Å². The lowest BCUT2D eigenvalue weighted by Crippen LogP contribution is -1.96. The molecule has 0 atom stereocenters. The third-order valence-electron chi connectivity index (χ3n) is 2.13. The van der Waals surface area contributed by atoms with Gasteiger partial charge in [-0.3, -0.25) is 0 Å². The van der Waals surface area contributed by atoms with Crippen molar-refractivity contribution in [3.8, 4) is 0 Å². The van der Waals surface area contributed by atoms with E-state index in [1.54, 1.807) is 24.5 Å². The number of aryl methyl sites for hydroxylation is 1. The quantitative estimate of drug-likeness (QED) is 0.705. The molecule has 1 aromatic heterocycles. The third kappa shape index (κ3) is 1.39. The highest BCUT2D eigenvalue weighted by molar-refractivity contribution is 7.90. The summed E-state index contributed by atoms with van der Waals surface area (Å²) in [5, 5.41) is 0. The van der Waals surface area contributed by atoms with Crippen LogP contribution in [0.5, 0.6) is 0 Å². The van der Waals surface area contributed by atoms with Gasteiger partial charge in [0.2, 0.25) is 0 Å². The molecule has 1 heterocycles. The van der Waals surface area contributed by atoms with Crippen LogP contribution in [0.15, 0.2) is 29.4 Å². The van der Waals surface area contributed by atoms with Crippen LogP contribution in [0, 0.1) is 0 Å². The minimum Gasteiger partial charge on any atom is -0.334 e. The molecule has 0 radical (unpaired) electrons. The van der Waals surface area contributed by atoms with Gasteiger partial charge in [0.1, 0.15) is 0 Å². The van der Waals surface area contributed by atoms with E-state index in [1.807, 2.05) is 11.6 Å². The van der Waals surface area contributed by atoms with Crippen molar-refractivity contribution in [2.24, 2.45) is 7.05 Å². The number of aromatic nitrogens is 2. The van der Waals surface area contributed by atoms with Crippen LogP contribution in [0.2, 0.25) is 0 Å². The Bertz CT molecular complexity index is 584. The van der Waals surface area contributed by atoms with Gasteiger partial charge >= 0.3 is 0 Å². The molecule has 2 rings (SSSR count). The molecule has 0 unspecified atom stereocenters. The molecule has 0 aliphatic heterocycles. The lowest BCUT2D eigenvalue weighted by molar-refractivity contribution is 0.602. The third-order valence-corrected chi connectivity index (χ3v) is 3.24. The van der Waals surface area contributed by atoms with E-state index in [9.17, 15) is 8.42 Å². The Morgan fingerprint density at radius 2 is 2.07 bits per heavy atom. The van der Waals surface area contributed by atoms with Gasteiger partial charge in [-0.1, -0.05) is 0 Å². The van der Waals surface area contributed by atoms with Gasteiger partial charge < -0.3 is 4.57 Å². The number of hydrogen-bond donors (Lipinski definition) is 0. The molecule has 0 fully saturated rings. The molecule has 4 nitrogen and oxygen atoms in total. The zero-order chi connectivity index (χ0) is 10.3. The van der Waals surface area contributed by atoms with Crippen molar-refractivity contribution < 1.29 is 8.42 Å². The van der Waals surface area contributed by atoms with Crippen molar-refractivity contribution in [3.63, 3.8) is 0 Å². The Labute approximate surface area is 82.1 Å². The van der Waals surface area contributed by atoms with E-state index in [4.69, 9.17) is 0 Å². The number of sulfone groups is 1. The highest BCUT2D eigenvalue weighted by Gasteiger charge is 2.08. The van der Waals surface area contributed by atoms with Crippen LogP contribution in [0.4, 0.5) is 0 Å². The van der Waals surface area contributed by atoms with Gasteiger partial charge in [-0.15, -0.1) is 0 Å². The molecule has 0 aliphatic carbocycles. The topological polar surface area (TPSA) is 52.0 Å². The Morgan fingerprint density at radius 3 is 2.71 bits per heavy atom. The van der Waals surface area contributed by atoms with Crippen LogP contribution in [-0.2, 0) is 16.9 Å². The van der Waals surface area contributed by atoms with E-state index in [0.717, 1.165) is 5.52 Å². The van der Waals surface area contributed by atoms with Crippen LogP contribution in [-0.4, -0.2) is 24.2 Å². The molecule has 0 saturated carbocycles. The van der Waals surface area contributed by atoms with Crippen molar-refractivity contribution in [3.05, 3.63) is 24.5 Å². The minimum atomic E-state index is -3.13. The summed E-state index contributed by atoms with van der Waals surface area (Å²) < 4.78 is 24.3. The minimum absolute atomic E-state index is 0.309.